The Bertz CT molecular complexity index is 1100. The van der Waals surface area contributed by atoms with Crippen molar-refractivity contribution in [3.05, 3.63) is 65.9 Å². The summed E-state index contributed by atoms with van der Waals surface area (Å²) < 4.78 is 28.7. The lowest BCUT2D eigenvalue weighted by Gasteiger charge is -2.18. The van der Waals surface area contributed by atoms with Gasteiger partial charge in [-0.25, -0.2) is 9.97 Å². The van der Waals surface area contributed by atoms with Crippen molar-refractivity contribution in [2.45, 2.75) is 12.5 Å². The lowest BCUT2D eigenvalue weighted by molar-refractivity contribution is -0.120. The maximum Gasteiger partial charge on any atom is 0.291 e. The Kier molecular flexibility index (Phi) is 3.82. The topological polar surface area (TPSA) is 113 Å². The van der Waals surface area contributed by atoms with Crippen molar-refractivity contribution < 1.29 is 18.4 Å². The highest BCUT2D eigenvalue weighted by molar-refractivity contribution is 6.01. The fourth-order valence-electron chi connectivity index (χ4n) is 2.76. The first kappa shape index (κ1) is 14.3. The van der Waals surface area contributed by atoms with Crippen LogP contribution in [0.4, 0.5) is 5.82 Å². The third-order valence-electron chi connectivity index (χ3n) is 4.14. The van der Waals surface area contributed by atoms with Crippen LogP contribution in [0, 0.1) is 0 Å². The third kappa shape index (κ3) is 3.54. The number of pyridine rings is 1. The number of hydrogen-bond donors (Lipinski definition) is 2. The molecule has 0 spiro atoms. The lowest BCUT2D eigenvalue weighted by atomic mass is 10.1. The minimum Gasteiger partial charge on any atom is -0.487 e. The first-order valence-corrected chi connectivity index (χ1v) is 8.51. The number of H-pyrrole nitrogens is 1. The predicted molar refractivity (Wildman–Crippen MR) is 100 cm³/mol. The largest absolute Gasteiger partial charge is 0.487 e. The van der Waals surface area contributed by atoms with E-state index in [0.29, 0.717) is 17.1 Å². The van der Waals surface area contributed by atoms with E-state index in [0.717, 1.165) is 5.56 Å². The number of carbonyl (C=O) groups excluding carboxylic acids is 2. The lowest BCUT2D eigenvalue weighted by Crippen LogP contribution is -2.49. The van der Waals surface area contributed by atoms with Crippen LogP contribution in [0.3, 0.4) is 0 Å². The number of likely N-dealkylation sites (N-methyl/N-ethyl adjacent to an activating group) is 1. The van der Waals surface area contributed by atoms with Gasteiger partial charge in [0.05, 0.1) is 0 Å². The molecule has 0 bridgehead atoms. The molecule has 4 rings (SSSR count). The molecule has 0 fully saturated rings. The van der Waals surface area contributed by atoms with Gasteiger partial charge in [-0.05, 0) is 17.7 Å². The van der Waals surface area contributed by atoms with Crippen molar-refractivity contribution in [1.29, 1.82) is 0 Å². The number of nitrogens with one attached hydrogen (secondary N) is 2. The number of ether oxygens (including phenoxy) is 1. The Labute approximate surface area is 165 Å². The molecule has 2 amide bonds. The molecule has 3 aromatic rings. The van der Waals surface area contributed by atoms with E-state index in [1.807, 2.05) is 30.3 Å². The van der Waals surface area contributed by atoms with E-state index in [9.17, 15) is 9.59 Å². The molecule has 1 aromatic carbocycles. The van der Waals surface area contributed by atoms with E-state index in [-0.39, 0.29) is 24.0 Å². The standard InChI is InChI=1S/C19H18N6O3/c1-25-17-14(8-5-9-20-17)28-11-13(19(25)27)21-18(26)16-22-15(23-24-16)10-12-6-3-2-4-7-12/h2-9,13H,10-11H2,1H3,(H,21,26)(H,22,23,24)/i1D3. The number of aromatic amines is 1. The van der Waals surface area contributed by atoms with Crippen molar-refractivity contribution in [2.24, 2.45) is 0 Å². The smallest absolute Gasteiger partial charge is 0.291 e. The molecule has 0 radical (unpaired) electrons. The summed E-state index contributed by atoms with van der Waals surface area (Å²) in [6.45, 7) is -3.08. The summed E-state index contributed by atoms with van der Waals surface area (Å²) >= 11 is 0. The average Bonchev–Trinajstić information content (AvgIpc) is 3.14. The van der Waals surface area contributed by atoms with E-state index < -0.39 is 24.8 Å². The number of hydrogen-bond acceptors (Lipinski definition) is 6. The number of aromatic nitrogens is 4. The van der Waals surface area contributed by atoms with Crippen LogP contribution in [0.25, 0.3) is 0 Å². The first-order valence-electron chi connectivity index (χ1n) is 10.0. The van der Waals surface area contributed by atoms with E-state index in [4.69, 9.17) is 8.85 Å². The maximum atomic E-state index is 13.0. The van der Waals surface area contributed by atoms with Gasteiger partial charge in [0.15, 0.2) is 11.6 Å². The quantitative estimate of drug-likeness (QED) is 0.696. The monoisotopic (exact) mass is 381 g/mol. The second kappa shape index (κ2) is 7.47. The zero-order valence-electron chi connectivity index (χ0n) is 17.6. The van der Waals surface area contributed by atoms with Crippen molar-refractivity contribution in [3.8, 4) is 5.75 Å². The Morgan fingerprint density at radius 2 is 2.21 bits per heavy atom. The normalized spacial score (nSPS) is 18.1. The molecular formula is C19H18N6O3. The average molecular weight is 381 g/mol. The minimum absolute atomic E-state index is 0.131. The molecule has 0 saturated heterocycles. The van der Waals surface area contributed by atoms with Crippen LogP contribution in [-0.4, -0.2) is 51.6 Å². The molecule has 1 unspecified atom stereocenters. The predicted octanol–water partition coefficient (Wildman–Crippen LogP) is 0.944. The number of fused-ring (bicyclic) bond motifs is 1. The van der Waals surface area contributed by atoms with Gasteiger partial charge in [0.2, 0.25) is 5.82 Å². The van der Waals surface area contributed by atoms with Crippen LogP contribution >= 0.6 is 0 Å². The summed E-state index contributed by atoms with van der Waals surface area (Å²) in [7, 11) is 0. The van der Waals surface area contributed by atoms with E-state index >= 15 is 0 Å². The van der Waals surface area contributed by atoms with E-state index in [1.54, 1.807) is 6.07 Å². The molecule has 142 valence electrons. The Balaban J connectivity index is 1.51. The van der Waals surface area contributed by atoms with Crippen molar-refractivity contribution >= 4 is 17.6 Å². The van der Waals surface area contributed by atoms with Gasteiger partial charge in [0.1, 0.15) is 18.5 Å². The maximum absolute atomic E-state index is 13.0. The highest BCUT2D eigenvalue weighted by atomic mass is 16.5. The fourth-order valence-corrected chi connectivity index (χ4v) is 2.76. The van der Waals surface area contributed by atoms with Gasteiger partial charge in [-0.1, -0.05) is 30.3 Å². The van der Waals surface area contributed by atoms with Gasteiger partial charge >= 0.3 is 0 Å². The number of benzene rings is 1. The van der Waals surface area contributed by atoms with Gasteiger partial charge < -0.3 is 10.1 Å². The summed E-state index contributed by atoms with van der Waals surface area (Å²) in [4.78, 5) is 34.3. The molecule has 1 atom stereocenters. The highest BCUT2D eigenvalue weighted by Gasteiger charge is 2.32. The highest BCUT2D eigenvalue weighted by Crippen LogP contribution is 2.27. The van der Waals surface area contributed by atoms with Crippen LogP contribution in [0.15, 0.2) is 48.7 Å². The van der Waals surface area contributed by atoms with Crippen LogP contribution in [0.5, 0.6) is 5.75 Å². The number of carbonyl (C=O) groups is 2. The zero-order valence-corrected chi connectivity index (χ0v) is 14.6. The Morgan fingerprint density at radius 1 is 1.36 bits per heavy atom. The molecule has 1 aliphatic rings. The van der Waals surface area contributed by atoms with Crippen LogP contribution in [0.1, 0.15) is 26.1 Å². The zero-order chi connectivity index (χ0) is 22.0. The van der Waals surface area contributed by atoms with Gasteiger partial charge in [0, 0.05) is 23.7 Å². The second-order valence-electron chi connectivity index (χ2n) is 6.10. The summed E-state index contributed by atoms with van der Waals surface area (Å²) in [5.41, 5.74) is 0.983. The van der Waals surface area contributed by atoms with Crippen LogP contribution in [0.2, 0.25) is 0 Å². The molecule has 1 aliphatic heterocycles. The number of anilines is 1. The van der Waals surface area contributed by atoms with Crippen LogP contribution in [-0.2, 0) is 11.2 Å². The number of amides is 2. The number of rotatable bonds is 4. The molecule has 0 saturated carbocycles. The van der Waals surface area contributed by atoms with Crippen molar-refractivity contribution in [1.82, 2.24) is 25.5 Å². The molecule has 2 N–H and O–H groups in total. The molecule has 28 heavy (non-hydrogen) atoms. The summed E-state index contributed by atoms with van der Waals surface area (Å²) in [6.07, 6.45) is 1.80. The van der Waals surface area contributed by atoms with Crippen molar-refractivity contribution in [2.75, 3.05) is 18.5 Å². The molecule has 9 nitrogen and oxygen atoms in total. The fraction of sp³-hybridized carbons (Fsp3) is 0.211. The first-order chi connectivity index (χ1) is 14.8. The third-order valence-corrected chi connectivity index (χ3v) is 4.14. The summed E-state index contributed by atoms with van der Waals surface area (Å²) in [5, 5.41) is 9.05. The molecule has 3 heterocycles. The molecule has 0 aliphatic carbocycles. The molecule has 9 heteroatoms. The second-order valence-corrected chi connectivity index (χ2v) is 6.10. The molecule has 2 aromatic heterocycles. The van der Waals surface area contributed by atoms with Crippen molar-refractivity contribution in [3.63, 3.8) is 0 Å². The van der Waals surface area contributed by atoms with Crippen LogP contribution < -0.4 is 15.0 Å². The van der Waals surface area contributed by atoms with E-state index in [1.165, 1.54) is 12.3 Å². The Hall–Kier alpha value is -3.75. The van der Waals surface area contributed by atoms with E-state index in [2.05, 4.69) is 25.5 Å². The van der Waals surface area contributed by atoms with Gasteiger partial charge in [-0.15, -0.1) is 5.10 Å². The van der Waals surface area contributed by atoms with Gasteiger partial charge in [0.25, 0.3) is 11.8 Å². The van der Waals surface area contributed by atoms with Gasteiger partial charge in [-0.3, -0.25) is 19.6 Å². The summed E-state index contributed by atoms with van der Waals surface area (Å²) in [5.74, 6) is -1.30. The summed E-state index contributed by atoms with van der Waals surface area (Å²) in [6, 6.07) is 11.3. The Morgan fingerprint density at radius 3 is 3.04 bits per heavy atom. The minimum atomic E-state index is -2.82. The van der Waals surface area contributed by atoms with Gasteiger partial charge in [-0.2, -0.15) is 0 Å². The molecular weight excluding hydrogens is 360 g/mol. The number of nitrogens with zero attached hydrogens (tertiary/aromatic N) is 4. The SMILES string of the molecule is [2H]C([2H])([2H])N1C(=O)C(NC(=O)c2n[nH]c(Cc3ccccc3)n2)COc2cccnc21.